The summed E-state index contributed by atoms with van der Waals surface area (Å²) in [5, 5.41) is 32.4. The van der Waals surface area contributed by atoms with E-state index >= 15 is 0 Å². The first kappa shape index (κ1) is 18.8. The monoisotopic (exact) mass is 401 g/mol. The molecule has 0 bridgehead atoms. The zero-order valence-corrected chi connectivity index (χ0v) is 14.8. The lowest BCUT2D eigenvalue weighted by Gasteiger charge is -2.03. The zero-order chi connectivity index (χ0) is 20.1. The number of carbonyl (C=O) groups excluding carboxylic acids is 1. The molecule has 0 fully saturated rings. The van der Waals surface area contributed by atoms with Gasteiger partial charge in [-0.1, -0.05) is 23.5 Å². The van der Waals surface area contributed by atoms with E-state index in [9.17, 15) is 25.0 Å². The van der Waals surface area contributed by atoms with Crippen molar-refractivity contribution in [1.29, 1.82) is 0 Å². The average Bonchev–Trinajstić information content (AvgIpc) is 3.13. The van der Waals surface area contributed by atoms with Crippen LogP contribution in [0.4, 0.5) is 16.5 Å². The van der Waals surface area contributed by atoms with E-state index in [1.54, 1.807) is 6.07 Å². The van der Waals surface area contributed by atoms with Gasteiger partial charge in [0.25, 0.3) is 11.6 Å². The van der Waals surface area contributed by atoms with Crippen LogP contribution in [0.2, 0.25) is 0 Å². The molecule has 1 amide bonds. The number of nitrogens with one attached hydrogen (secondary N) is 1. The van der Waals surface area contributed by atoms with Crippen LogP contribution >= 0.6 is 11.3 Å². The standard InChI is InChI=1S/C16H11N5O6S/c22-15(10-5-7-11(8-6-10)20(23)24)17-16-19-18-14(28-16)9-27-13-4-2-1-3-12(13)21(25)26/h1-8H,9H2,(H,17,19,22). The largest absolute Gasteiger partial charge is 0.479 e. The van der Waals surface area contributed by atoms with E-state index in [2.05, 4.69) is 15.5 Å². The normalized spacial score (nSPS) is 10.3. The maximum Gasteiger partial charge on any atom is 0.310 e. The number of non-ortho nitro benzene ring substituents is 1. The van der Waals surface area contributed by atoms with Crippen molar-refractivity contribution in [2.75, 3.05) is 5.32 Å². The Morgan fingerprint density at radius 2 is 1.75 bits per heavy atom. The fourth-order valence-corrected chi connectivity index (χ4v) is 2.78. The third-order valence-electron chi connectivity index (χ3n) is 3.44. The van der Waals surface area contributed by atoms with Crippen LogP contribution in [0.25, 0.3) is 0 Å². The second-order valence-corrected chi connectivity index (χ2v) is 6.33. The van der Waals surface area contributed by atoms with Gasteiger partial charge in [-0.15, -0.1) is 10.2 Å². The summed E-state index contributed by atoms with van der Waals surface area (Å²) >= 11 is 1.04. The molecule has 12 heteroatoms. The van der Waals surface area contributed by atoms with Crippen molar-refractivity contribution in [2.24, 2.45) is 0 Å². The predicted octanol–water partition coefficient (Wildman–Crippen LogP) is 3.19. The number of nitrogens with zero attached hydrogens (tertiary/aromatic N) is 4. The lowest BCUT2D eigenvalue weighted by atomic mass is 10.2. The highest BCUT2D eigenvalue weighted by molar-refractivity contribution is 7.15. The highest BCUT2D eigenvalue weighted by Gasteiger charge is 2.16. The Kier molecular flexibility index (Phi) is 5.50. The molecular formula is C16H11N5O6S. The minimum absolute atomic E-state index is 0.0596. The van der Waals surface area contributed by atoms with Gasteiger partial charge in [-0.25, -0.2) is 0 Å². The van der Waals surface area contributed by atoms with Gasteiger partial charge in [0.05, 0.1) is 9.85 Å². The van der Waals surface area contributed by atoms with Gasteiger partial charge in [-0.3, -0.25) is 30.3 Å². The van der Waals surface area contributed by atoms with E-state index in [0.717, 1.165) is 11.3 Å². The third-order valence-corrected chi connectivity index (χ3v) is 4.25. The van der Waals surface area contributed by atoms with Gasteiger partial charge in [-0.2, -0.15) is 0 Å². The van der Waals surface area contributed by atoms with E-state index in [-0.39, 0.29) is 34.4 Å². The number of benzene rings is 2. The molecular weight excluding hydrogens is 390 g/mol. The Labute approximate surface area is 160 Å². The number of ether oxygens (including phenoxy) is 1. The fraction of sp³-hybridized carbons (Fsp3) is 0.0625. The van der Waals surface area contributed by atoms with E-state index in [1.807, 2.05) is 0 Å². The molecule has 0 unspecified atom stereocenters. The Balaban J connectivity index is 1.62. The molecule has 11 nitrogen and oxygen atoms in total. The summed E-state index contributed by atoms with van der Waals surface area (Å²) in [6.07, 6.45) is 0. The molecule has 28 heavy (non-hydrogen) atoms. The highest BCUT2D eigenvalue weighted by atomic mass is 32.1. The zero-order valence-electron chi connectivity index (χ0n) is 14.0. The summed E-state index contributed by atoms with van der Waals surface area (Å²) in [4.78, 5) is 32.6. The number of nitro groups is 2. The van der Waals surface area contributed by atoms with Gasteiger partial charge in [0.2, 0.25) is 5.13 Å². The molecule has 1 aromatic heterocycles. The van der Waals surface area contributed by atoms with Crippen molar-refractivity contribution in [3.63, 3.8) is 0 Å². The quantitative estimate of drug-likeness (QED) is 0.468. The Morgan fingerprint density at radius 1 is 1.04 bits per heavy atom. The molecule has 0 aliphatic rings. The minimum atomic E-state index is -0.560. The van der Waals surface area contributed by atoms with E-state index < -0.39 is 15.8 Å². The number of rotatable bonds is 7. The second kappa shape index (κ2) is 8.18. The smallest absolute Gasteiger partial charge is 0.310 e. The first-order chi connectivity index (χ1) is 13.4. The van der Waals surface area contributed by atoms with Crippen molar-refractivity contribution < 1.29 is 19.4 Å². The van der Waals surface area contributed by atoms with E-state index in [0.29, 0.717) is 5.01 Å². The van der Waals surface area contributed by atoms with Gasteiger partial charge in [-0.05, 0) is 18.2 Å². The van der Waals surface area contributed by atoms with Crippen molar-refractivity contribution in [2.45, 2.75) is 6.61 Å². The summed E-state index contributed by atoms with van der Waals surface area (Å²) in [7, 11) is 0. The van der Waals surface area contributed by atoms with Crippen LogP contribution in [-0.4, -0.2) is 26.0 Å². The van der Waals surface area contributed by atoms with Crippen LogP contribution in [0.1, 0.15) is 15.4 Å². The average molecular weight is 401 g/mol. The molecule has 1 N–H and O–H groups in total. The summed E-state index contributed by atoms with van der Waals surface area (Å²) in [5.74, 6) is -0.406. The van der Waals surface area contributed by atoms with Crippen LogP contribution in [0.5, 0.6) is 5.75 Å². The Bertz CT molecular complexity index is 1040. The van der Waals surface area contributed by atoms with Crippen LogP contribution < -0.4 is 10.1 Å². The minimum Gasteiger partial charge on any atom is -0.479 e. The molecule has 3 aromatic rings. The van der Waals surface area contributed by atoms with Crippen molar-refractivity contribution >= 4 is 33.8 Å². The van der Waals surface area contributed by atoms with Crippen LogP contribution in [0.15, 0.2) is 48.5 Å². The number of nitro benzene ring substituents is 2. The molecule has 0 atom stereocenters. The second-order valence-electron chi connectivity index (χ2n) is 5.27. The van der Waals surface area contributed by atoms with E-state index in [4.69, 9.17) is 4.74 Å². The first-order valence-electron chi connectivity index (χ1n) is 7.68. The third kappa shape index (κ3) is 4.42. The Morgan fingerprint density at radius 3 is 2.43 bits per heavy atom. The molecule has 0 saturated heterocycles. The van der Waals surface area contributed by atoms with E-state index in [1.165, 1.54) is 42.5 Å². The molecule has 0 aliphatic heterocycles. The van der Waals surface area contributed by atoms with Crippen molar-refractivity contribution in [3.8, 4) is 5.75 Å². The Hall–Kier alpha value is -3.93. The molecule has 1 heterocycles. The molecule has 142 valence electrons. The van der Waals surface area contributed by atoms with Crippen molar-refractivity contribution in [1.82, 2.24) is 10.2 Å². The van der Waals surface area contributed by atoms with Gasteiger partial charge < -0.3 is 4.74 Å². The summed E-state index contributed by atoms with van der Waals surface area (Å²) < 4.78 is 5.41. The molecule has 0 spiro atoms. The van der Waals surface area contributed by atoms with Crippen LogP contribution in [-0.2, 0) is 6.61 Å². The maximum atomic E-state index is 12.2. The molecule has 2 aromatic carbocycles. The summed E-state index contributed by atoms with van der Waals surface area (Å²) in [5.41, 5.74) is -0.0703. The fourth-order valence-electron chi connectivity index (χ4n) is 2.14. The summed E-state index contributed by atoms with van der Waals surface area (Å²) in [6.45, 7) is -0.0596. The van der Waals surface area contributed by atoms with Crippen molar-refractivity contribution in [3.05, 3.63) is 79.3 Å². The number of amides is 1. The molecule has 3 rings (SSSR count). The topological polar surface area (TPSA) is 150 Å². The highest BCUT2D eigenvalue weighted by Crippen LogP contribution is 2.27. The van der Waals surface area contributed by atoms with Gasteiger partial charge in [0, 0.05) is 23.8 Å². The SMILES string of the molecule is O=C(Nc1nnc(COc2ccccc2[N+](=O)[O-])s1)c1ccc([N+](=O)[O-])cc1. The van der Waals surface area contributed by atoms with Crippen LogP contribution in [0.3, 0.4) is 0 Å². The predicted molar refractivity (Wildman–Crippen MR) is 98.4 cm³/mol. The number of hydrogen-bond donors (Lipinski definition) is 1. The maximum absolute atomic E-state index is 12.2. The van der Waals surface area contributed by atoms with Crippen LogP contribution in [0, 0.1) is 20.2 Å². The lowest BCUT2D eigenvalue weighted by molar-refractivity contribution is -0.386. The molecule has 0 radical (unpaired) electrons. The number of aromatic nitrogens is 2. The van der Waals surface area contributed by atoms with Gasteiger partial charge in [0.1, 0.15) is 6.61 Å². The number of para-hydroxylation sites is 2. The number of carbonyl (C=O) groups is 1. The molecule has 0 aliphatic carbocycles. The summed E-state index contributed by atoms with van der Waals surface area (Å²) in [6, 6.07) is 11.0. The van der Waals surface area contributed by atoms with Gasteiger partial charge >= 0.3 is 5.69 Å². The lowest BCUT2D eigenvalue weighted by Crippen LogP contribution is -2.11. The molecule has 0 saturated carbocycles. The number of anilines is 1. The van der Waals surface area contributed by atoms with Gasteiger partial charge in [0.15, 0.2) is 10.8 Å². The first-order valence-corrected chi connectivity index (χ1v) is 8.50. The number of hydrogen-bond acceptors (Lipinski definition) is 9.